The summed E-state index contributed by atoms with van der Waals surface area (Å²) in [6.07, 6.45) is 3.27. The Balaban J connectivity index is 1.84. The van der Waals surface area contributed by atoms with E-state index in [1.807, 2.05) is 6.07 Å². The van der Waals surface area contributed by atoms with Crippen LogP contribution in [-0.2, 0) is 4.79 Å². The standard InChI is InChI=1S/C12H13FOS/c13-10-5-2-6-11(7-10)15-8-12(14)9-3-1-4-9/h2,5-7,9H,1,3-4,8H2. The van der Waals surface area contributed by atoms with Crippen molar-refractivity contribution in [3.8, 4) is 0 Å². The Morgan fingerprint density at radius 1 is 1.47 bits per heavy atom. The number of benzene rings is 1. The van der Waals surface area contributed by atoms with Gasteiger partial charge in [-0.15, -0.1) is 11.8 Å². The molecule has 80 valence electrons. The normalized spacial score (nSPS) is 16.1. The molecule has 1 nitrogen and oxygen atoms in total. The third-order valence-corrected chi connectivity index (χ3v) is 3.75. The molecule has 0 atom stereocenters. The van der Waals surface area contributed by atoms with Gasteiger partial charge in [-0.05, 0) is 31.0 Å². The van der Waals surface area contributed by atoms with E-state index in [1.54, 1.807) is 6.07 Å². The van der Waals surface area contributed by atoms with Gasteiger partial charge in [0, 0.05) is 10.8 Å². The van der Waals surface area contributed by atoms with Gasteiger partial charge in [0.2, 0.25) is 0 Å². The molecular formula is C12H13FOS. The van der Waals surface area contributed by atoms with Gasteiger partial charge in [-0.1, -0.05) is 12.5 Å². The van der Waals surface area contributed by atoms with Gasteiger partial charge >= 0.3 is 0 Å². The van der Waals surface area contributed by atoms with Crippen molar-refractivity contribution in [2.24, 2.45) is 5.92 Å². The fourth-order valence-electron chi connectivity index (χ4n) is 1.56. The third-order valence-electron chi connectivity index (χ3n) is 2.74. The van der Waals surface area contributed by atoms with E-state index in [4.69, 9.17) is 0 Å². The topological polar surface area (TPSA) is 17.1 Å². The molecule has 0 aliphatic heterocycles. The number of rotatable bonds is 4. The zero-order valence-corrected chi connectivity index (χ0v) is 9.23. The van der Waals surface area contributed by atoms with E-state index in [0.717, 1.165) is 17.7 Å². The van der Waals surface area contributed by atoms with Crippen molar-refractivity contribution in [1.82, 2.24) is 0 Å². The summed E-state index contributed by atoms with van der Waals surface area (Å²) in [4.78, 5) is 12.4. The van der Waals surface area contributed by atoms with Crippen molar-refractivity contribution in [3.63, 3.8) is 0 Å². The van der Waals surface area contributed by atoms with E-state index in [-0.39, 0.29) is 11.7 Å². The average Bonchev–Trinajstić information content (AvgIpc) is 2.12. The molecular weight excluding hydrogens is 211 g/mol. The second-order valence-electron chi connectivity index (χ2n) is 3.84. The molecule has 0 spiro atoms. The molecule has 1 aliphatic carbocycles. The number of halogens is 1. The molecule has 2 rings (SSSR count). The van der Waals surface area contributed by atoms with Crippen LogP contribution in [0.1, 0.15) is 19.3 Å². The maximum absolute atomic E-state index is 12.8. The maximum atomic E-state index is 12.8. The molecule has 0 unspecified atom stereocenters. The highest BCUT2D eigenvalue weighted by Gasteiger charge is 2.24. The molecule has 0 radical (unpaired) electrons. The van der Waals surface area contributed by atoms with Gasteiger partial charge in [0.25, 0.3) is 0 Å². The van der Waals surface area contributed by atoms with Crippen LogP contribution in [0.25, 0.3) is 0 Å². The van der Waals surface area contributed by atoms with Gasteiger partial charge in [0.05, 0.1) is 5.75 Å². The summed E-state index contributed by atoms with van der Waals surface area (Å²) < 4.78 is 12.8. The van der Waals surface area contributed by atoms with Crippen LogP contribution in [0.3, 0.4) is 0 Å². The minimum absolute atomic E-state index is 0.240. The molecule has 1 aromatic rings. The Kier molecular flexibility index (Phi) is 3.41. The molecule has 15 heavy (non-hydrogen) atoms. The molecule has 1 fully saturated rings. The van der Waals surface area contributed by atoms with Gasteiger partial charge in [-0.25, -0.2) is 4.39 Å². The first-order valence-electron chi connectivity index (χ1n) is 5.17. The molecule has 0 saturated heterocycles. The van der Waals surface area contributed by atoms with Crippen molar-refractivity contribution < 1.29 is 9.18 Å². The van der Waals surface area contributed by atoms with Gasteiger partial charge in [0.15, 0.2) is 0 Å². The molecule has 0 amide bonds. The summed E-state index contributed by atoms with van der Waals surface area (Å²) in [6.45, 7) is 0. The Labute approximate surface area is 93.1 Å². The summed E-state index contributed by atoms with van der Waals surface area (Å²) in [5.74, 6) is 0.839. The van der Waals surface area contributed by atoms with Crippen LogP contribution >= 0.6 is 11.8 Å². The Morgan fingerprint density at radius 3 is 2.87 bits per heavy atom. The summed E-state index contributed by atoms with van der Waals surface area (Å²) in [5, 5.41) is 0. The van der Waals surface area contributed by atoms with Crippen LogP contribution in [0.5, 0.6) is 0 Å². The first-order chi connectivity index (χ1) is 7.25. The molecule has 0 heterocycles. The molecule has 1 aromatic carbocycles. The molecule has 1 saturated carbocycles. The van der Waals surface area contributed by atoms with Crippen LogP contribution < -0.4 is 0 Å². The highest BCUT2D eigenvalue weighted by atomic mass is 32.2. The lowest BCUT2D eigenvalue weighted by Gasteiger charge is -2.23. The fraction of sp³-hybridized carbons (Fsp3) is 0.417. The number of carbonyl (C=O) groups is 1. The van der Waals surface area contributed by atoms with Gasteiger partial charge in [0.1, 0.15) is 11.6 Å². The predicted molar refractivity (Wildman–Crippen MR) is 59.5 cm³/mol. The van der Waals surface area contributed by atoms with Crippen LogP contribution in [0, 0.1) is 11.7 Å². The van der Waals surface area contributed by atoms with E-state index >= 15 is 0 Å². The summed E-state index contributed by atoms with van der Waals surface area (Å²) >= 11 is 1.43. The highest BCUT2D eigenvalue weighted by Crippen LogP contribution is 2.29. The monoisotopic (exact) mass is 224 g/mol. The zero-order valence-electron chi connectivity index (χ0n) is 8.41. The molecule has 0 N–H and O–H groups in total. The van der Waals surface area contributed by atoms with Crippen molar-refractivity contribution in [1.29, 1.82) is 0 Å². The minimum Gasteiger partial charge on any atom is -0.298 e. The summed E-state index contributed by atoms with van der Waals surface area (Å²) in [5.41, 5.74) is 0. The van der Waals surface area contributed by atoms with E-state index in [1.165, 1.54) is 30.3 Å². The minimum atomic E-state index is -0.240. The van der Waals surface area contributed by atoms with Gasteiger partial charge < -0.3 is 0 Å². The predicted octanol–water partition coefficient (Wildman–Crippen LogP) is 3.29. The maximum Gasteiger partial charge on any atom is 0.146 e. The van der Waals surface area contributed by atoms with Crippen LogP contribution in [0.2, 0.25) is 0 Å². The second kappa shape index (κ2) is 4.79. The van der Waals surface area contributed by atoms with Crippen LogP contribution in [-0.4, -0.2) is 11.5 Å². The molecule has 1 aliphatic rings. The average molecular weight is 224 g/mol. The van der Waals surface area contributed by atoms with E-state index in [0.29, 0.717) is 11.5 Å². The third kappa shape index (κ3) is 2.81. The number of ketones is 1. The van der Waals surface area contributed by atoms with Crippen molar-refractivity contribution in [2.75, 3.05) is 5.75 Å². The quantitative estimate of drug-likeness (QED) is 0.730. The first kappa shape index (κ1) is 10.7. The van der Waals surface area contributed by atoms with E-state index < -0.39 is 0 Å². The van der Waals surface area contributed by atoms with Crippen LogP contribution in [0.15, 0.2) is 29.2 Å². The number of thioether (sulfide) groups is 1. The van der Waals surface area contributed by atoms with Crippen molar-refractivity contribution in [3.05, 3.63) is 30.1 Å². The summed E-state index contributed by atoms with van der Waals surface area (Å²) in [7, 11) is 0. The zero-order chi connectivity index (χ0) is 10.7. The first-order valence-corrected chi connectivity index (χ1v) is 6.15. The van der Waals surface area contributed by atoms with Crippen molar-refractivity contribution in [2.45, 2.75) is 24.2 Å². The fourth-order valence-corrected chi connectivity index (χ4v) is 2.47. The molecule has 0 aromatic heterocycles. The lowest BCUT2D eigenvalue weighted by atomic mass is 9.83. The summed E-state index contributed by atoms with van der Waals surface area (Å²) in [6, 6.07) is 6.39. The largest absolute Gasteiger partial charge is 0.298 e. The number of hydrogen-bond donors (Lipinski definition) is 0. The smallest absolute Gasteiger partial charge is 0.146 e. The van der Waals surface area contributed by atoms with Gasteiger partial charge in [-0.2, -0.15) is 0 Å². The lowest BCUT2D eigenvalue weighted by molar-refractivity contribution is -0.122. The molecule has 3 heteroatoms. The van der Waals surface area contributed by atoms with Crippen LogP contribution in [0.4, 0.5) is 4.39 Å². The molecule has 0 bridgehead atoms. The SMILES string of the molecule is O=C(CSc1cccc(F)c1)C1CCC1. The van der Waals surface area contributed by atoms with Gasteiger partial charge in [-0.3, -0.25) is 4.79 Å². The lowest BCUT2D eigenvalue weighted by Crippen LogP contribution is -2.23. The number of Topliss-reactive ketones (excluding diaryl/α,β-unsaturated/α-hetero) is 1. The number of carbonyl (C=O) groups excluding carboxylic acids is 1. The van der Waals surface area contributed by atoms with E-state index in [9.17, 15) is 9.18 Å². The van der Waals surface area contributed by atoms with Crippen molar-refractivity contribution >= 4 is 17.5 Å². The Morgan fingerprint density at radius 2 is 2.27 bits per heavy atom. The van der Waals surface area contributed by atoms with E-state index in [2.05, 4.69) is 0 Å². The number of hydrogen-bond acceptors (Lipinski definition) is 2. The highest BCUT2D eigenvalue weighted by molar-refractivity contribution is 8.00. The Bertz CT molecular complexity index is 360. The Hall–Kier alpha value is -0.830. The second-order valence-corrected chi connectivity index (χ2v) is 4.89.